The van der Waals surface area contributed by atoms with E-state index in [1.54, 1.807) is 14.2 Å². The van der Waals surface area contributed by atoms with E-state index in [1.165, 1.54) is 0 Å². The molecule has 0 aliphatic rings. The van der Waals surface area contributed by atoms with Crippen molar-refractivity contribution in [1.82, 2.24) is 0 Å². The average molecular weight is 377 g/mol. The van der Waals surface area contributed by atoms with E-state index in [4.69, 9.17) is 14.2 Å². The number of hydrogen-bond donors (Lipinski definition) is 0. The third kappa shape index (κ3) is 4.03. The molecule has 0 fully saturated rings. The maximum Gasteiger partial charge on any atom is 0.143 e. The lowest BCUT2D eigenvalue weighted by Gasteiger charge is -2.36. The molecule has 0 saturated carbocycles. The molecule has 4 nitrogen and oxygen atoms in total. The highest BCUT2D eigenvalue weighted by Crippen LogP contribution is 2.41. The van der Waals surface area contributed by atoms with Crippen molar-refractivity contribution in [3.63, 3.8) is 0 Å². The van der Waals surface area contributed by atoms with Gasteiger partial charge in [0, 0.05) is 0 Å². The van der Waals surface area contributed by atoms with Gasteiger partial charge >= 0.3 is 0 Å². The Hall–Kier alpha value is -2.82. The molecular weight excluding hydrogens is 352 g/mol. The predicted octanol–water partition coefficient (Wildman–Crippen LogP) is 4.83. The second-order valence-electron chi connectivity index (χ2n) is 6.41. The highest BCUT2D eigenvalue weighted by atomic mass is 16.5. The van der Waals surface area contributed by atoms with Crippen molar-refractivity contribution in [3.05, 3.63) is 95.6 Å². The molecule has 3 aromatic carbocycles. The van der Waals surface area contributed by atoms with Gasteiger partial charge in [0.2, 0.25) is 0 Å². The zero-order chi connectivity index (χ0) is 19.8. The lowest BCUT2D eigenvalue weighted by atomic mass is 9.80. The third-order valence-corrected chi connectivity index (χ3v) is 4.78. The topological polar surface area (TPSA) is 47.6 Å². The van der Waals surface area contributed by atoms with Crippen LogP contribution >= 0.6 is 0 Å². The van der Waals surface area contributed by atoms with Gasteiger partial charge in [0.1, 0.15) is 17.1 Å². The summed E-state index contributed by atoms with van der Waals surface area (Å²) in [5.74, 6) is 1.56. The molecule has 0 atom stereocenters. The molecule has 0 spiro atoms. The molecular formula is C24H25O4. The molecule has 1 radical (unpaired) electrons. The van der Waals surface area contributed by atoms with Gasteiger partial charge in [-0.25, -0.2) is 5.11 Å². The van der Waals surface area contributed by atoms with Crippen LogP contribution in [0.4, 0.5) is 0 Å². The zero-order valence-corrected chi connectivity index (χ0v) is 16.3. The van der Waals surface area contributed by atoms with Gasteiger partial charge in [-0.1, -0.05) is 54.6 Å². The Morgan fingerprint density at radius 2 is 1.14 bits per heavy atom. The molecule has 0 aliphatic heterocycles. The Labute approximate surface area is 166 Å². The summed E-state index contributed by atoms with van der Waals surface area (Å²) in [6.45, 7) is 0.187. The van der Waals surface area contributed by atoms with Crippen LogP contribution in [-0.4, -0.2) is 27.4 Å². The molecule has 0 bridgehead atoms. The minimum atomic E-state index is -0.838. The maximum atomic E-state index is 11.1. The molecule has 4 heteroatoms. The summed E-state index contributed by atoms with van der Waals surface area (Å²) >= 11 is 0. The van der Waals surface area contributed by atoms with Crippen LogP contribution < -0.4 is 9.47 Å². The Bertz CT molecular complexity index is 795. The fourth-order valence-electron chi connectivity index (χ4n) is 3.36. The minimum Gasteiger partial charge on any atom is -0.497 e. The molecule has 0 saturated heterocycles. The number of hydrogen-bond acceptors (Lipinski definition) is 3. The first-order chi connectivity index (χ1) is 13.7. The molecule has 0 heterocycles. The van der Waals surface area contributed by atoms with Crippen molar-refractivity contribution >= 4 is 0 Å². The van der Waals surface area contributed by atoms with Crippen molar-refractivity contribution < 1.29 is 19.3 Å². The SMILES string of the molecule is COc1ccc(C(OCCC[O])(c2ccccc2)c2ccc(OC)cc2)cc1. The van der Waals surface area contributed by atoms with Gasteiger partial charge in [0.25, 0.3) is 0 Å². The lowest BCUT2D eigenvalue weighted by molar-refractivity contribution is 0.00169. The van der Waals surface area contributed by atoms with Crippen molar-refractivity contribution in [2.24, 2.45) is 0 Å². The van der Waals surface area contributed by atoms with Gasteiger partial charge in [0.15, 0.2) is 0 Å². The van der Waals surface area contributed by atoms with E-state index < -0.39 is 5.60 Å². The van der Waals surface area contributed by atoms with Crippen LogP contribution in [0.2, 0.25) is 0 Å². The molecule has 0 aliphatic carbocycles. The van der Waals surface area contributed by atoms with Gasteiger partial charge in [0.05, 0.1) is 27.4 Å². The van der Waals surface area contributed by atoms with Gasteiger partial charge < -0.3 is 14.2 Å². The highest BCUT2D eigenvalue weighted by Gasteiger charge is 2.37. The first-order valence-corrected chi connectivity index (χ1v) is 9.31. The van der Waals surface area contributed by atoms with Crippen LogP contribution in [0.15, 0.2) is 78.9 Å². The van der Waals surface area contributed by atoms with E-state index in [9.17, 15) is 5.11 Å². The van der Waals surface area contributed by atoms with Gasteiger partial charge in [-0.15, -0.1) is 0 Å². The Balaban J connectivity index is 2.20. The standard InChI is InChI=1S/C24H25O4/c1-26-22-13-9-20(10-14-22)24(28-18-6-17-25,19-7-4-3-5-8-19)21-11-15-23(27-2)16-12-21/h3-5,7-16H,6,17-18H2,1-2H3. The first-order valence-electron chi connectivity index (χ1n) is 9.31. The molecule has 3 aromatic rings. The summed E-state index contributed by atoms with van der Waals surface area (Å²) in [4.78, 5) is 0. The second kappa shape index (κ2) is 9.40. The quantitative estimate of drug-likeness (QED) is 0.396. The Kier molecular flexibility index (Phi) is 6.69. The number of benzene rings is 3. The van der Waals surface area contributed by atoms with E-state index in [0.717, 1.165) is 28.2 Å². The monoisotopic (exact) mass is 377 g/mol. The Morgan fingerprint density at radius 1 is 0.679 bits per heavy atom. The van der Waals surface area contributed by atoms with Crippen LogP contribution in [0.5, 0.6) is 11.5 Å². The van der Waals surface area contributed by atoms with Crippen LogP contribution in [0.1, 0.15) is 23.1 Å². The van der Waals surface area contributed by atoms with Crippen LogP contribution in [0.3, 0.4) is 0 Å². The summed E-state index contributed by atoms with van der Waals surface area (Å²) in [6, 6.07) is 25.8. The smallest absolute Gasteiger partial charge is 0.143 e. The summed E-state index contributed by atoms with van der Waals surface area (Å²) < 4.78 is 17.1. The zero-order valence-electron chi connectivity index (χ0n) is 16.3. The third-order valence-electron chi connectivity index (χ3n) is 4.78. The van der Waals surface area contributed by atoms with E-state index >= 15 is 0 Å². The van der Waals surface area contributed by atoms with Gasteiger partial charge in [-0.2, -0.15) is 0 Å². The molecule has 145 valence electrons. The van der Waals surface area contributed by atoms with E-state index in [1.807, 2.05) is 78.9 Å². The number of ether oxygens (including phenoxy) is 3. The summed E-state index contributed by atoms with van der Waals surface area (Å²) in [5, 5.41) is 11.1. The molecule has 28 heavy (non-hydrogen) atoms. The predicted molar refractivity (Wildman–Crippen MR) is 108 cm³/mol. The first kappa shape index (κ1) is 19.9. The molecule has 0 unspecified atom stereocenters. The van der Waals surface area contributed by atoms with E-state index in [0.29, 0.717) is 13.0 Å². The average Bonchev–Trinajstić information content (AvgIpc) is 2.78. The number of methoxy groups -OCH3 is 2. The van der Waals surface area contributed by atoms with Crippen LogP contribution in [0.25, 0.3) is 0 Å². The maximum absolute atomic E-state index is 11.1. The van der Waals surface area contributed by atoms with Crippen molar-refractivity contribution in [2.75, 3.05) is 27.4 Å². The van der Waals surface area contributed by atoms with Gasteiger partial charge in [-0.3, -0.25) is 0 Å². The van der Waals surface area contributed by atoms with Crippen LogP contribution in [0, 0.1) is 0 Å². The fraction of sp³-hybridized carbons (Fsp3) is 0.250. The summed E-state index contributed by atoms with van der Waals surface area (Å²) in [7, 11) is 3.29. The van der Waals surface area contributed by atoms with Crippen molar-refractivity contribution in [1.29, 1.82) is 0 Å². The van der Waals surface area contributed by atoms with Crippen molar-refractivity contribution in [3.8, 4) is 11.5 Å². The van der Waals surface area contributed by atoms with Crippen molar-refractivity contribution in [2.45, 2.75) is 12.0 Å². The fourth-order valence-corrected chi connectivity index (χ4v) is 3.36. The Morgan fingerprint density at radius 3 is 1.57 bits per heavy atom. The molecule has 0 aromatic heterocycles. The second-order valence-corrected chi connectivity index (χ2v) is 6.41. The minimum absolute atomic E-state index is 0.171. The van der Waals surface area contributed by atoms with Crippen LogP contribution in [-0.2, 0) is 15.4 Å². The normalized spacial score (nSPS) is 11.2. The summed E-state index contributed by atoms with van der Waals surface area (Å²) in [6.07, 6.45) is 0.445. The van der Waals surface area contributed by atoms with Gasteiger partial charge in [-0.05, 0) is 47.4 Å². The molecule has 0 N–H and O–H groups in total. The van der Waals surface area contributed by atoms with E-state index in [-0.39, 0.29) is 6.61 Å². The largest absolute Gasteiger partial charge is 0.497 e. The number of rotatable bonds is 9. The summed E-state index contributed by atoms with van der Waals surface area (Å²) in [5.41, 5.74) is 2.09. The lowest BCUT2D eigenvalue weighted by Crippen LogP contribution is -2.33. The molecule has 0 amide bonds. The molecule has 3 rings (SSSR count). The highest BCUT2D eigenvalue weighted by molar-refractivity contribution is 5.49. The van der Waals surface area contributed by atoms with E-state index in [2.05, 4.69) is 0 Å².